The third-order valence-electron chi connectivity index (χ3n) is 3.89. The summed E-state index contributed by atoms with van der Waals surface area (Å²) in [7, 11) is -3.95. The van der Waals surface area contributed by atoms with Crippen LogP contribution in [-0.2, 0) is 22.6 Å². The van der Waals surface area contributed by atoms with E-state index >= 15 is 0 Å². The second-order valence-electron chi connectivity index (χ2n) is 5.60. The van der Waals surface area contributed by atoms with E-state index < -0.39 is 27.1 Å². The van der Waals surface area contributed by atoms with Gasteiger partial charge in [0.1, 0.15) is 16.6 Å². The van der Waals surface area contributed by atoms with Crippen LogP contribution in [0.4, 0.5) is 13.2 Å². The topological polar surface area (TPSA) is 77.7 Å². The number of aryl methyl sites for hydroxylation is 1. The number of rotatable bonds is 4. The SMILES string of the molecule is [CH2]C(c1nc2cnc(C(F)(F)F)nc2n1CC)S(=O)(=O)c1ccc(Cl)cc1. The van der Waals surface area contributed by atoms with Gasteiger partial charge in [0, 0.05) is 11.6 Å². The number of aromatic nitrogens is 4. The lowest BCUT2D eigenvalue weighted by molar-refractivity contribution is -0.144. The Kier molecular flexibility index (Phi) is 4.89. The van der Waals surface area contributed by atoms with Crippen LogP contribution in [0.5, 0.6) is 0 Å². The molecule has 0 aliphatic carbocycles. The molecule has 27 heavy (non-hydrogen) atoms. The fourth-order valence-corrected chi connectivity index (χ4v) is 3.99. The molecule has 143 valence electrons. The van der Waals surface area contributed by atoms with Gasteiger partial charge in [-0.3, -0.25) is 0 Å². The molecule has 6 nitrogen and oxygen atoms in total. The number of alkyl halides is 3. The molecule has 1 unspecified atom stereocenters. The summed E-state index contributed by atoms with van der Waals surface area (Å²) in [5, 5.41) is -0.993. The summed E-state index contributed by atoms with van der Waals surface area (Å²) in [6.07, 6.45) is -3.81. The molecule has 2 aromatic heterocycles. The van der Waals surface area contributed by atoms with Crippen molar-refractivity contribution in [3.05, 3.63) is 54.1 Å². The van der Waals surface area contributed by atoms with Crippen molar-refractivity contribution in [2.24, 2.45) is 0 Å². The minimum atomic E-state index is -4.73. The average Bonchev–Trinajstić information content (AvgIpc) is 2.98. The van der Waals surface area contributed by atoms with Crippen LogP contribution in [0.15, 0.2) is 35.4 Å². The smallest absolute Gasteiger partial charge is 0.312 e. The Morgan fingerprint density at radius 1 is 1.22 bits per heavy atom. The zero-order valence-electron chi connectivity index (χ0n) is 13.9. The van der Waals surface area contributed by atoms with E-state index in [0.29, 0.717) is 5.02 Å². The van der Waals surface area contributed by atoms with Crippen LogP contribution in [0.1, 0.15) is 23.8 Å². The van der Waals surface area contributed by atoms with E-state index in [0.717, 1.165) is 6.20 Å². The Morgan fingerprint density at radius 3 is 2.41 bits per heavy atom. The molecule has 0 saturated carbocycles. The number of benzene rings is 1. The van der Waals surface area contributed by atoms with Crippen LogP contribution < -0.4 is 0 Å². The van der Waals surface area contributed by atoms with E-state index in [1.807, 2.05) is 0 Å². The first-order chi connectivity index (χ1) is 12.6. The van der Waals surface area contributed by atoms with Gasteiger partial charge in [-0.25, -0.2) is 23.4 Å². The standard InChI is InChI=1S/C16H13ClF3N4O2S/c1-3-24-13(9(2)27(25,26)11-6-4-10(17)5-7-11)22-12-8-21-15(16(18,19)20)23-14(12)24/h4-9H,2-3H2,1H3. The molecule has 0 fully saturated rings. The summed E-state index contributed by atoms with van der Waals surface area (Å²) in [6, 6.07) is 5.50. The van der Waals surface area contributed by atoms with Crippen LogP contribution in [-0.4, -0.2) is 27.9 Å². The maximum atomic E-state index is 12.9. The molecule has 0 bridgehead atoms. The lowest BCUT2D eigenvalue weighted by Crippen LogP contribution is -2.16. The van der Waals surface area contributed by atoms with Crippen molar-refractivity contribution in [2.75, 3.05) is 0 Å². The molecule has 0 amide bonds. The Morgan fingerprint density at radius 2 is 1.85 bits per heavy atom. The van der Waals surface area contributed by atoms with Crippen molar-refractivity contribution in [3.63, 3.8) is 0 Å². The predicted molar refractivity (Wildman–Crippen MR) is 92.7 cm³/mol. The average molecular weight is 418 g/mol. The van der Waals surface area contributed by atoms with E-state index in [4.69, 9.17) is 11.6 Å². The highest BCUT2D eigenvalue weighted by Gasteiger charge is 2.36. The lowest BCUT2D eigenvalue weighted by Gasteiger charge is -2.14. The van der Waals surface area contributed by atoms with E-state index in [1.165, 1.54) is 28.8 Å². The molecule has 3 aromatic rings. The van der Waals surface area contributed by atoms with Crippen LogP contribution in [0.25, 0.3) is 11.2 Å². The van der Waals surface area contributed by atoms with Gasteiger partial charge >= 0.3 is 6.18 Å². The van der Waals surface area contributed by atoms with E-state index in [-0.39, 0.29) is 28.4 Å². The van der Waals surface area contributed by atoms with Gasteiger partial charge in [0.05, 0.1) is 11.1 Å². The number of imidazole rings is 1. The number of halogens is 4. The summed E-state index contributed by atoms with van der Waals surface area (Å²) in [5.41, 5.74) is -0.0467. The molecule has 0 saturated heterocycles. The molecule has 0 aliphatic rings. The van der Waals surface area contributed by atoms with E-state index in [1.54, 1.807) is 6.92 Å². The maximum Gasteiger partial charge on any atom is 0.451 e. The van der Waals surface area contributed by atoms with Crippen molar-refractivity contribution < 1.29 is 21.6 Å². The molecule has 2 heterocycles. The zero-order valence-corrected chi connectivity index (χ0v) is 15.5. The normalized spacial score (nSPS) is 13.9. The quantitative estimate of drug-likeness (QED) is 0.644. The van der Waals surface area contributed by atoms with Crippen molar-refractivity contribution in [2.45, 2.75) is 29.8 Å². The minimum Gasteiger partial charge on any atom is -0.312 e. The molecule has 1 atom stereocenters. The summed E-state index contributed by atoms with van der Waals surface area (Å²) in [5.74, 6) is -1.34. The fourth-order valence-electron chi connectivity index (χ4n) is 2.56. The Labute approximate surface area is 157 Å². The highest BCUT2D eigenvalue weighted by Crippen LogP contribution is 2.32. The lowest BCUT2D eigenvalue weighted by atomic mass is 10.4. The number of sulfone groups is 1. The molecule has 1 aromatic carbocycles. The van der Waals surface area contributed by atoms with Gasteiger partial charge < -0.3 is 4.57 Å². The summed E-state index contributed by atoms with van der Waals surface area (Å²) in [4.78, 5) is 10.9. The monoisotopic (exact) mass is 417 g/mol. The molecule has 3 rings (SSSR count). The summed E-state index contributed by atoms with van der Waals surface area (Å²) >= 11 is 5.78. The Balaban J connectivity index is 2.14. The zero-order chi connectivity index (χ0) is 20.0. The van der Waals surface area contributed by atoms with Gasteiger partial charge in [0.25, 0.3) is 0 Å². The molecule has 1 radical (unpaired) electrons. The van der Waals surface area contributed by atoms with Gasteiger partial charge in [0.15, 0.2) is 15.5 Å². The largest absolute Gasteiger partial charge is 0.451 e. The molecular formula is C16H13ClF3N4O2S. The summed E-state index contributed by atoms with van der Waals surface area (Å²) < 4.78 is 65.6. The maximum absolute atomic E-state index is 12.9. The second-order valence-corrected chi connectivity index (χ2v) is 8.17. The third kappa shape index (κ3) is 3.51. The highest BCUT2D eigenvalue weighted by atomic mass is 35.5. The van der Waals surface area contributed by atoms with Crippen LogP contribution in [0.3, 0.4) is 0 Å². The number of fused-ring (bicyclic) bond motifs is 1. The van der Waals surface area contributed by atoms with Gasteiger partial charge in [-0.1, -0.05) is 11.6 Å². The van der Waals surface area contributed by atoms with E-state index in [9.17, 15) is 21.6 Å². The van der Waals surface area contributed by atoms with Crippen LogP contribution in [0.2, 0.25) is 5.02 Å². The first-order valence-corrected chi connectivity index (χ1v) is 9.61. The first-order valence-electron chi connectivity index (χ1n) is 7.68. The molecule has 0 spiro atoms. The Hall–Kier alpha value is -2.20. The third-order valence-corrected chi connectivity index (χ3v) is 6.03. The predicted octanol–water partition coefficient (Wildman–Crippen LogP) is 3.87. The van der Waals surface area contributed by atoms with Crippen molar-refractivity contribution in [1.29, 1.82) is 0 Å². The van der Waals surface area contributed by atoms with Gasteiger partial charge in [0.2, 0.25) is 5.82 Å². The number of hydrogen-bond acceptors (Lipinski definition) is 5. The highest BCUT2D eigenvalue weighted by molar-refractivity contribution is 7.91. The fraction of sp³-hybridized carbons (Fsp3) is 0.250. The molecule has 0 N–H and O–H groups in total. The van der Waals surface area contributed by atoms with Crippen LogP contribution >= 0.6 is 11.6 Å². The molecule has 11 heteroatoms. The van der Waals surface area contributed by atoms with Gasteiger partial charge in [-0.15, -0.1) is 0 Å². The summed E-state index contributed by atoms with van der Waals surface area (Å²) in [6.45, 7) is 5.47. The molecule has 0 aliphatic heterocycles. The molecular weight excluding hydrogens is 405 g/mol. The van der Waals surface area contributed by atoms with Crippen molar-refractivity contribution >= 4 is 32.6 Å². The van der Waals surface area contributed by atoms with Crippen LogP contribution in [0, 0.1) is 6.92 Å². The second kappa shape index (κ2) is 6.75. The number of hydrogen-bond donors (Lipinski definition) is 0. The Bertz CT molecular complexity index is 1100. The van der Waals surface area contributed by atoms with Crippen molar-refractivity contribution in [3.8, 4) is 0 Å². The van der Waals surface area contributed by atoms with E-state index in [2.05, 4.69) is 21.9 Å². The first kappa shape index (κ1) is 19.6. The van der Waals surface area contributed by atoms with Crippen molar-refractivity contribution in [1.82, 2.24) is 19.5 Å². The minimum absolute atomic E-state index is 0.0175. The van der Waals surface area contributed by atoms with Gasteiger partial charge in [-0.2, -0.15) is 13.2 Å². The number of nitrogens with zero attached hydrogens (tertiary/aromatic N) is 4. The van der Waals surface area contributed by atoms with Gasteiger partial charge in [-0.05, 0) is 38.1 Å².